The van der Waals surface area contributed by atoms with Crippen molar-refractivity contribution in [2.45, 2.75) is 13.0 Å². The molecule has 0 aliphatic carbocycles. The van der Waals surface area contributed by atoms with Crippen molar-refractivity contribution in [3.63, 3.8) is 0 Å². The molecule has 2 aromatic rings. The highest BCUT2D eigenvalue weighted by Gasteiger charge is 2.01. The minimum Gasteiger partial charge on any atom is -0.311 e. The summed E-state index contributed by atoms with van der Waals surface area (Å²) < 4.78 is 0.856. The first-order valence-electron chi connectivity index (χ1n) is 6.77. The zero-order valence-corrected chi connectivity index (χ0v) is 13.3. The first-order chi connectivity index (χ1) is 9.74. The number of nitrogens with one attached hydrogen (secondary N) is 1. The highest BCUT2D eigenvalue weighted by atomic mass is 35.5. The van der Waals surface area contributed by atoms with Crippen LogP contribution in [0.15, 0.2) is 36.5 Å². The summed E-state index contributed by atoms with van der Waals surface area (Å²) in [6.07, 6.45) is 2.85. The van der Waals surface area contributed by atoms with E-state index >= 15 is 0 Å². The van der Waals surface area contributed by atoms with E-state index in [0.29, 0.717) is 0 Å². The largest absolute Gasteiger partial charge is 0.311 e. The number of halogens is 1. The molecule has 0 aliphatic heterocycles. The summed E-state index contributed by atoms with van der Waals surface area (Å²) in [4.78, 5) is 7.94. The summed E-state index contributed by atoms with van der Waals surface area (Å²) in [6, 6.07) is 10.1. The summed E-state index contributed by atoms with van der Waals surface area (Å²) in [5, 5.41) is 3.44. The molecule has 0 aliphatic rings. The lowest BCUT2D eigenvalue weighted by Gasteiger charge is -2.16. The van der Waals surface area contributed by atoms with Crippen molar-refractivity contribution in [2.24, 2.45) is 0 Å². The number of likely N-dealkylation sites (N-methyl/N-ethyl adjacent to an activating group) is 1. The second kappa shape index (κ2) is 8.37. The van der Waals surface area contributed by atoms with E-state index in [2.05, 4.69) is 34.4 Å². The predicted octanol–water partition coefficient (Wildman–Crippen LogP) is 3.06. The predicted molar refractivity (Wildman–Crippen MR) is 86.5 cm³/mol. The van der Waals surface area contributed by atoms with Gasteiger partial charge in [0.05, 0.1) is 4.34 Å². The molecule has 0 radical (unpaired) electrons. The van der Waals surface area contributed by atoms with Crippen LogP contribution in [-0.2, 0) is 13.0 Å². The van der Waals surface area contributed by atoms with Crippen molar-refractivity contribution in [1.29, 1.82) is 0 Å². The van der Waals surface area contributed by atoms with Gasteiger partial charge in [0.1, 0.15) is 0 Å². The first-order valence-corrected chi connectivity index (χ1v) is 7.97. The standard InChI is InChI=1S/C15H20ClN3S/c1-19(10-7-13-4-2-3-8-18-13)11-9-17-12-14-5-6-15(16)20-14/h2-6,8,17H,7,9-12H2,1H3. The molecule has 0 atom stereocenters. The minimum absolute atomic E-state index is 0.856. The van der Waals surface area contributed by atoms with Crippen molar-refractivity contribution in [3.05, 3.63) is 51.4 Å². The van der Waals surface area contributed by atoms with Gasteiger partial charge < -0.3 is 10.2 Å². The maximum atomic E-state index is 5.90. The minimum atomic E-state index is 0.856. The van der Waals surface area contributed by atoms with Gasteiger partial charge in [0.2, 0.25) is 0 Å². The molecule has 0 amide bonds. The fourth-order valence-corrected chi connectivity index (χ4v) is 2.95. The van der Waals surface area contributed by atoms with Crippen LogP contribution >= 0.6 is 22.9 Å². The van der Waals surface area contributed by atoms with Gasteiger partial charge in [-0.25, -0.2) is 0 Å². The molecule has 1 N–H and O–H groups in total. The maximum absolute atomic E-state index is 5.90. The Kier molecular flexibility index (Phi) is 6.47. The number of hydrogen-bond donors (Lipinski definition) is 1. The molecule has 3 nitrogen and oxygen atoms in total. The third kappa shape index (κ3) is 5.59. The summed E-state index contributed by atoms with van der Waals surface area (Å²) in [6.45, 7) is 3.94. The van der Waals surface area contributed by atoms with Crippen LogP contribution in [0.3, 0.4) is 0 Å². The number of nitrogens with zero attached hydrogens (tertiary/aromatic N) is 2. The molecule has 0 saturated heterocycles. The lowest BCUT2D eigenvalue weighted by Crippen LogP contribution is -2.30. The van der Waals surface area contributed by atoms with E-state index in [4.69, 9.17) is 11.6 Å². The molecule has 5 heteroatoms. The van der Waals surface area contributed by atoms with Gasteiger partial charge in [-0.1, -0.05) is 17.7 Å². The van der Waals surface area contributed by atoms with Crippen molar-refractivity contribution < 1.29 is 0 Å². The van der Waals surface area contributed by atoms with E-state index in [1.165, 1.54) is 4.88 Å². The van der Waals surface area contributed by atoms with Crippen LogP contribution in [0, 0.1) is 0 Å². The highest BCUT2D eigenvalue weighted by Crippen LogP contribution is 2.20. The van der Waals surface area contributed by atoms with Crippen LogP contribution in [0.25, 0.3) is 0 Å². The van der Waals surface area contributed by atoms with Crippen molar-refractivity contribution >= 4 is 22.9 Å². The smallest absolute Gasteiger partial charge is 0.0931 e. The van der Waals surface area contributed by atoms with E-state index in [-0.39, 0.29) is 0 Å². The van der Waals surface area contributed by atoms with Gasteiger partial charge in [0.25, 0.3) is 0 Å². The number of hydrogen-bond acceptors (Lipinski definition) is 4. The third-order valence-corrected chi connectivity index (χ3v) is 4.31. The summed E-state index contributed by atoms with van der Waals surface area (Å²) in [7, 11) is 2.15. The second-order valence-corrected chi connectivity index (χ2v) is 6.56. The molecule has 108 valence electrons. The molecule has 20 heavy (non-hydrogen) atoms. The van der Waals surface area contributed by atoms with Crippen molar-refractivity contribution in [2.75, 3.05) is 26.7 Å². The molecule has 0 saturated carbocycles. The molecule has 0 aromatic carbocycles. The third-order valence-electron chi connectivity index (χ3n) is 3.07. The lowest BCUT2D eigenvalue weighted by atomic mass is 10.2. The Hall–Kier alpha value is -0.940. The van der Waals surface area contributed by atoms with Gasteiger partial charge in [-0.15, -0.1) is 11.3 Å². The lowest BCUT2D eigenvalue weighted by molar-refractivity contribution is 0.334. The molecule has 2 heterocycles. The van der Waals surface area contributed by atoms with Gasteiger partial charge in [0.15, 0.2) is 0 Å². The SMILES string of the molecule is CN(CCNCc1ccc(Cl)s1)CCc1ccccn1. The Morgan fingerprint density at radius 1 is 1.25 bits per heavy atom. The second-order valence-electron chi connectivity index (χ2n) is 4.76. The van der Waals surface area contributed by atoms with Gasteiger partial charge in [-0.05, 0) is 31.3 Å². The zero-order chi connectivity index (χ0) is 14.2. The normalized spacial score (nSPS) is 11.2. The topological polar surface area (TPSA) is 28.2 Å². The molecular formula is C15H20ClN3S. The average Bonchev–Trinajstić information content (AvgIpc) is 2.88. The summed E-state index contributed by atoms with van der Waals surface area (Å²) >= 11 is 7.53. The summed E-state index contributed by atoms with van der Waals surface area (Å²) in [5.41, 5.74) is 1.15. The van der Waals surface area contributed by atoms with Gasteiger partial charge >= 0.3 is 0 Å². The van der Waals surface area contributed by atoms with Crippen LogP contribution in [0.2, 0.25) is 4.34 Å². The summed E-state index contributed by atoms with van der Waals surface area (Å²) in [5.74, 6) is 0. The molecule has 2 rings (SSSR count). The number of aromatic nitrogens is 1. The van der Waals surface area contributed by atoms with Crippen LogP contribution in [-0.4, -0.2) is 36.6 Å². The van der Waals surface area contributed by atoms with Crippen LogP contribution in [0.4, 0.5) is 0 Å². The number of thiophene rings is 1. The van der Waals surface area contributed by atoms with Gasteiger partial charge in [-0.2, -0.15) is 0 Å². The number of pyridine rings is 1. The average molecular weight is 310 g/mol. The van der Waals surface area contributed by atoms with Gasteiger partial charge in [0, 0.05) is 49.4 Å². The van der Waals surface area contributed by atoms with Crippen molar-refractivity contribution in [3.8, 4) is 0 Å². The molecular weight excluding hydrogens is 290 g/mol. The fraction of sp³-hybridized carbons (Fsp3) is 0.400. The van der Waals surface area contributed by atoms with E-state index in [9.17, 15) is 0 Å². The molecule has 2 aromatic heterocycles. The van der Waals surface area contributed by atoms with Crippen LogP contribution in [0.5, 0.6) is 0 Å². The number of rotatable bonds is 8. The zero-order valence-electron chi connectivity index (χ0n) is 11.7. The van der Waals surface area contributed by atoms with E-state index in [0.717, 1.165) is 42.6 Å². The Morgan fingerprint density at radius 3 is 2.85 bits per heavy atom. The van der Waals surface area contributed by atoms with E-state index in [1.54, 1.807) is 11.3 Å². The van der Waals surface area contributed by atoms with E-state index in [1.807, 2.05) is 24.4 Å². The quantitative estimate of drug-likeness (QED) is 0.760. The molecule has 0 fully saturated rings. The Labute approximate surface area is 129 Å². The van der Waals surface area contributed by atoms with Crippen LogP contribution < -0.4 is 5.32 Å². The van der Waals surface area contributed by atoms with Crippen LogP contribution in [0.1, 0.15) is 10.6 Å². The van der Waals surface area contributed by atoms with E-state index < -0.39 is 0 Å². The maximum Gasteiger partial charge on any atom is 0.0931 e. The Balaban J connectivity index is 1.57. The highest BCUT2D eigenvalue weighted by molar-refractivity contribution is 7.16. The first kappa shape index (κ1) is 15.4. The monoisotopic (exact) mass is 309 g/mol. The fourth-order valence-electron chi connectivity index (χ4n) is 1.89. The van der Waals surface area contributed by atoms with Gasteiger partial charge in [-0.3, -0.25) is 4.98 Å². The molecule has 0 bridgehead atoms. The molecule has 0 spiro atoms. The van der Waals surface area contributed by atoms with Crippen molar-refractivity contribution in [1.82, 2.24) is 15.2 Å². The Bertz CT molecular complexity index is 501. The Morgan fingerprint density at radius 2 is 2.15 bits per heavy atom. The molecule has 0 unspecified atom stereocenters.